The molecule has 0 radical (unpaired) electrons. The Balaban J connectivity index is 2.02. The van der Waals surface area contributed by atoms with E-state index in [-0.39, 0.29) is 6.04 Å². The van der Waals surface area contributed by atoms with Crippen molar-refractivity contribution in [3.8, 4) is 0 Å². The first-order chi connectivity index (χ1) is 8.70. The Morgan fingerprint density at radius 3 is 3.00 bits per heavy atom. The van der Waals surface area contributed by atoms with Crippen LogP contribution in [0, 0.1) is 0 Å². The van der Waals surface area contributed by atoms with E-state index in [0.717, 1.165) is 24.6 Å². The average molecular weight is 269 g/mol. The summed E-state index contributed by atoms with van der Waals surface area (Å²) in [5.41, 5.74) is 7.08. The molecule has 0 bridgehead atoms. The molecular formula is C14H21ClN2O. The number of nitrogens with zero attached hydrogens (tertiary/aromatic N) is 1. The molecule has 1 saturated heterocycles. The molecule has 1 fully saturated rings. The van der Waals surface area contributed by atoms with Crippen molar-refractivity contribution in [2.24, 2.45) is 5.73 Å². The second-order valence-corrected chi connectivity index (χ2v) is 5.32. The molecule has 1 aromatic carbocycles. The minimum atomic E-state index is 0.202. The zero-order valence-corrected chi connectivity index (χ0v) is 11.6. The van der Waals surface area contributed by atoms with Crippen LogP contribution < -0.4 is 5.73 Å². The van der Waals surface area contributed by atoms with Gasteiger partial charge in [0.05, 0.1) is 6.10 Å². The molecule has 0 spiro atoms. The molecule has 100 valence electrons. The number of benzene rings is 1. The first-order valence-electron chi connectivity index (χ1n) is 6.48. The van der Waals surface area contributed by atoms with Crippen molar-refractivity contribution in [3.63, 3.8) is 0 Å². The lowest BCUT2D eigenvalue weighted by Crippen LogP contribution is -2.36. The number of rotatable bonds is 5. The Kier molecular flexibility index (Phi) is 5.01. The summed E-state index contributed by atoms with van der Waals surface area (Å²) in [7, 11) is 2.10. The van der Waals surface area contributed by atoms with E-state index in [1.165, 1.54) is 12.0 Å². The average Bonchev–Trinajstić information content (AvgIpc) is 2.83. The first kappa shape index (κ1) is 13.8. The third-order valence-corrected chi connectivity index (χ3v) is 3.74. The van der Waals surface area contributed by atoms with Gasteiger partial charge in [-0.15, -0.1) is 0 Å². The van der Waals surface area contributed by atoms with Crippen LogP contribution in [0.2, 0.25) is 5.02 Å². The minimum Gasteiger partial charge on any atom is -0.377 e. The molecular weight excluding hydrogens is 248 g/mol. The highest BCUT2D eigenvalue weighted by Gasteiger charge is 2.22. The lowest BCUT2D eigenvalue weighted by molar-refractivity contribution is 0.0689. The molecule has 2 rings (SSSR count). The van der Waals surface area contributed by atoms with E-state index in [4.69, 9.17) is 22.1 Å². The standard InChI is InChI=1S/C14H21ClN2O/c1-17(10-13-6-3-7-18-13)14(9-16)11-4-2-5-12(15)8-11/h2,4-5,8,13-14H,3,6-7,9-10,16H2,1H3. The smallest absolute Gasteiger partial charge is 0.0702 e. The second-order valence-electron chi connectivity index (χ2n) is 4.88. The molecule has 2 unspecified atom stereocenters. The lowest BCUT2D eigenvalue weighted by Gasteiger charge is -2.29. The third kappa shape index (κ3) is 3.45. The van der Waals surface area contributed by atoms with Gasteiger partial charge in [-0.25, -0.2) is 0 Å². The molecule has 4 heteroatoms. The highest BCUT2D eigenvalue weighted by atomic mass is 35.5. The van der Waals surface area contributed by atoms with E-state index in [1.54, 1.807) is 0 Å². The van der Waals surface area contributed by atoms with Crippen LogP contribution in [0.15, 0.2) is 24.3 Å². The number of likely N-dealkylation sites (N-methyl/N-ethyl adjacent to an activating group) is 1. The Morgan fingerprint density at radius 2 is 2.39 bits per heavy atom. The van der Waals surface area contributed by atoms with Gasteiger partial charge in [-0.1, -0.05) is 23.7 Å². The summed E-state index contributed by atoms with van der Waals surface area (Å²) >= 11 is 6.04. The van der Waals surface area contributed by atoms with Gasteiger partial charge in [-0.3, -0.25) is 4.90 Å². The van der Waals surface area contributed by atoms with Crippen LogP contribution in [0.5, 0.6) is 0 Å². The van der Waals surface area contributed by atoms with Crippen LogP contribution in [-0.4, -0.2) is 37.7 Å². The summed E-state index contributed by atoms with van der Waals surface area (Å²) in [5, 5.41) is 0.761. The summed E-state index contributed by atoms with van der Waals surface area (Å²) < 4.78 is 5.67. The number of hydrogen-bond donors (Lipinski definition) is 1. The van der Waals surface area contributed by atoms with Crippen LogP contribution in [0.1, 0.15) is 24.4 Å². The van der Waals surface area contributed by atoms with E-state index < -0.39 is 0 Å². The van der Waals surface area contributed by atoms with Crippen LogP contribution in [0.25, 0.3) is 0 Å². The van der Waals surface area contributed by atoms with Crippen LogP contribution in [0.3, 0.4) is 0 Å². The fourth-order valence-corrected chi connectivity index (χ4v) is 2.72. The SMILES string of the molecule is CN(CC1CCCO1)C(CN)c1cccc(Cl)c1. The largest absolute Gasteiger partial charge is 0.377 e. The number of hydrogen-bond acceptors (Lipinski definition) is 3. The zero-order chi connectivity index (χ0) is 13.0. The van der Waals surface area contributed by atoms with Gasteiger partial charge in [0.2, 0.25) is 0 Å². The molecule has 0 aromatic heterocycles. The van der Waals surface area contributed by atoms with E-state index in [1.807, 2.05) is 18.2 Å². The maximum absolute atomic E-state index is 6.04. The van der Waals surface area contributed by atoms with Crippen molar-refractivity contribution in [2.75, 3.05) is 26.7 Å². The molecule has 2 atom stereocenters. The summed E-state index contributed by atoms with van der Waals surface area (Å²) in [6, 6.07) is 8.13. The van der Waals surface area contributed by atoms with Crippen molar-refractivity contribution < 1.29 is 4.74 Å². The molecule has 3 nitrogen and oxygen atoms in total. The number of nitrogens with two attached hydrogens (primary N) is 1. The van der Waals surface area contributed by atoms with Crippen molar-refractivity contribution in [2.45, 2.75) is 25.0 Å². The van der Waals surface area contributed by atoms with Gasteiger partial charge in [0.25, 0.3) is 0 Å². The van der Waals surface area contributed by atoms with Gasteiger partial charge in [0.1, 0.15) is 0 Å². The van der Waals surface area contributed by atoms with Crippen LogP contribution in [-0.2, 0) is 4.74 Å². The van der Waals surface area contributed by atoms with E-state index in [0.29, 0.717) is 12.6 Å². The van der Waals surface area contributed by atoms with E-state index in [9.17, 15) is 0 Å². The fourth-order valence-electron chi connectivity index (χ4n) is 2.52. The summed E-state index contributed by atoms with van der Waals surface area (Å²) in [6.07, 6.45) is 2.67. The second kappa shape index (κ2) is 6.53. The van der Waals surface area contributed by atoms with Gasteiger partial charge in [0, 0.05) is 30.8 Å². The molecule has 1 aliphatic rings. The van der Waals surface area contributed by atoms with Crippen LogP contribution >= 0.6 is 11.6 Å². The first-order valence-corrected chi connectivity index (χ1v) is 6.86. The van der Waals surface area contributed by atoms with Crippen molar-refractivity contribution in [3.05, 3.63) is 34.9 Å². The Morgan fingerprint density at radius 1 is 1.56 bits per heavy atom. The van der Waals surface area contributed by atoms with Gasteiger partial charge in [-0.05, 0) is 37.6 Å². The summed E-state index contributed by atoms with van der Waals surface area (Å²) in [4.78, 5) is 2.27. The Hall–Kier alpha value is -0.610. The monoisotopic (exact) mass is 268 g/mol. The molecule has 0 aliphatic carbocycles. The summed E-state index contributed by atoms with van der Waals surface area (Å²) in [6.45, 7) is 2.40. The normalized spacial score (nSPS) is 21.4. The van der Waals surface area contributed by atoms with Crippen molar-refractivity contribution in [1.82, 2.24) is 4.90 Å². The molecule has 1 aromatic rings. The molecule has 1 heterocycles. The molecule has 0 saturated carbocycles. The highest BCUT2D eigenvalue weighted by Crippen LogP contribution is 2.23. The predicted octanol–water partition coefficient (Wildman–Crippen LogP) is 2.45. The van der Waals surface area contributed by atoms with Gasteiger partial charge >= 0.3 is 0 Å². The highest BCUT2D eigenvalue weighted by molar-refractivity contribution is 6.30. The maximum atomic E-state index is 6.04. The molecule has 0 amide bonds. The third-order valence-electron chi connectivity index (χ3n) is 3.50. The van der Waals surface area contributed by atoms with Gasteiger partial charge in [0.15, 0.2) is 0 Å². The predicted molar refractivity (Wildman–Crippen MR) is 74.9 cm³/mol. The van der Waals surface area contributed by atoms with E-state index in [2.05, 4.69) is 18.0 Å². The maximum Gasteiger partial charge on any atom is 0.0702 e. The quantitative estimate of drug-likeness (QED) is 0.892. The minimum absolute atomic E-state index is 0.202. The van der Waals surface area contributed by atoms with Crippen molar-refractivity contribution in [1.29, 1.82) is 0 Å². The van der Waals surface area contributed by atoms with Gasteiger partial charge in [-0.2, -0.15) is 0 Å². The molecule has 2 N–H and O–H groups in total. The van der Waals surface area contributed by atoms with Gasteiger partial charge < -0.3 is 10.5 Å². The molecule has 1 aliphatic heterocycles. The summed E-state index contributed by atoms with van der Waals surface area (Å²) in [5.74, 6) is 0. The molecule has 18 heavy (non-hydrogen) atoms. The Bertz CT molecular complexity index is 380. The van der Waals surface area contributed by atoms with Crippen LogP contribution in [0.4, 0.5) is 0 Å². The lowest BCUT2D eigenvalue weighted by atomic mass is 10.1. The topological polar surface area (TPSA) is 38.5 Å². The zero-order valence-electron chi connectivity index (χ0n) is 10.8. The number of halogens is 1. The number of ether oxygens (including phenoxy) is 1. The Labute approximate surface area is 114 Å². The van der Waals surface area contributed by atoms with Crippen molar-refractivity contribution >= 4 is 11.6 Å². The van der Waals surface area contributed by atoms with E-state index >= 15 is 0 Å². The fraction of sp³-hybridized carbons (Fsp3) is 0.571.